The van der Waals surface area contributed by atoms with Gasteiger partial charge in [-0.15, -0.1) is 11.8 Å². The number of carbonyl (C=O) groups is 2. The van der Waals surface area contributed by atoms with Crippen LogP contribution in [0.1, 0.15) is 11.3 Å². The fraction of sp³-hybridized carbons (Fsp3) is 0.286. The number of anilines is 1. The average molecular weight is 356 g/mol. The van der Waals surface area contributed by atoms with E-state index >= 15 is 0 Å². The highest BCUT2D eigenvalue weighted by atomic mass is 35.5. The lowest BCUT2D eigenvalue weighted by Crippen LogP contribution is -2.16. The summed E-state index contributed by atoms with van der Waals surface area (Å²) < 4.78 is 9.90. The van der Waals surface area contributed by atoms with Gasteiger partial charge in [0.25, 0.3) is 0 Å². The fourth-order valence-corrected chi connectivity index (χ4v) is 2.25. The topological polar surface area (TPSA) is 94.3 Å². The van der Waals surface area contributed by atoms with Crippen molar-refractivity contribution in [1.82, 2.24) is 10.1 Å². The molecule has 0 aromatic carbocycles. The first-order valence-corrected chi connectivity index (χ1v) is 8.13. The van der Waals surface area contributed by atoms with Crippen LogP contribution in [-0.4, -0.2) is 33.5 Å². The van der Waals surface area contributed by atoms with Crippen molar-refractivity contribution in [3.63, 3.8) is 0 Å². The standard InChI is InChI=1S/C14H14ClN3O4S/c1-9-4-12(18-22-9)17-13(19)7-23-8-14(20)21-6-10-2-3-11(15)16-5-10/h2-5H,6-8H2,1H3,(H,17,18,19). The fourth-order valence-electron chi connectivity index (χ4n) is 1.53. The van der Waals surface area contributed by atoms with Crippen LogP contribution >= 0.6 is 23.4 Å². The molecule has 122 valence electrons. The van der Waals surface area contributed by atoms with Gasteiger partial charge in [-0.05, 0) is 13.0 Å². The van der Waals surface area contributed by atoms with Gasteiger partial charge in [-0.25, -0.2) is 4.98 Å². The van der Waals surface area contributed by atoms with Gasteiger partial charge in [-0.3, -0.25) is 9.59 Å². The maximum Gasteiger partial charge on any atom is 0.316 e. The number of aromatic nitrogens is 2. The maximum absolute atomic E-state index is 11.6. The molecule has 2 rings (SSSR count). The van der Waals surface area contributed by atoms with Crippen LogP contribution in [-0.2, 0) is 20.9 Å². The number of nitrogens with zero attached hydrogens (tertiary/aromatic N) is 2. The highest BCUT2D eigenvalue weighted by Crippen LogP contribution is 2.10. The Morgan fingerprint density at radius 2 is 2.22 bits per heavy atom. The van der Waals surface area contributed by atoms with Crippen LogP contribution in [0, 0.1) is 6.92 Å². The molecule has 0 fully saturated rings. The molecule has 0 radical (unpaired) electrons. The second kappa shape index (κ2) is 8.54. The van der Waals surface area contributed by atoms with Crippen LogP contribution in [0.3, 0.4) is 0 Å². The van der Waals surface area contributed by atoms with Crippen molar-refractivity contribution in [1.29, 1.82) is 0 Å². The summed E-state index contributed by atoms with van der Waals surface area (Å²) in [4.78, 5) is 27.1. The summed E-state index contributed by atoms with van der Waals surface area (Å²) in [6, 6.07) is 4.95. The van der Waals surface area contributed by atoms with Crippen molar-refractivity contribution in [2.75, 3.05) is 16.8 Å². The van der Waals surface area contributed by atoms with E-state index in [4.69, 9.17) is 20.9 Å². The van der Waals surface area contributed by atoms with E-state index < -0.39 is 5.97 Å². The first kappa shape index (κ1) is 17.3. The Morgan fingerprint density at radius 1 is 1.39 bits per heavy atom. The number of rotatable bonds is 7. The van der Waals surface area contributed by atoms with E-state index in [1.807, 2.05) is 0 Å². The molecule has 0 spiro atoms. The minimum atomic E-state index is -0.407. The minimum Gasteiger partial charge on any atom is -0.460 e. The molecule has 0 unspecified atom stereocenters. The summed E-state index contributed by atoms with van der Waals surface area (Å²) in [5.41, 5.74) is 0.742. The van der Waals surface area contributed by atoms with Crippen LogP contribution in [0.2, 0.25) is 5.15 Å². The molecule has 9 heteroatoms. The Bertz CT molecular complexity index is 675. The van der Waals surface area contributed by atoms with E-state index in [0.717, 1.165) is 17.3 Å². The maximum atomic E-state index is 11.6. The Kier molecular flexibility index (Phi) is 6.42. The normalized spacial score (nSPS) is 10.3. The zero-order valence-electron chi connectivity index (χ0n) is 12.2. The van der Waals surface area contributed by atoms with Gasteiger partial charge in [-0.1, -0.05) is 22.8 Å². The van der Waals surface area contributed by atoms with Crippen LogP contribution in [0.25, 0.3) is 0 Å². The summed E-state index contributed by atoms with van der Waals surface area (Å²) in [5, 5.41) is 6.59. The van der Waals surface area contributed by atoms with Crippen LogP contribution < -0.4 is 5.32 Å². The van der Waals surface area contributed by atoms with Gasteiger partial charge in [-0.2, -0.15) is 0 Å². The molecular weight excluding hydrogens is 342 g/mol. The van der Waals surface area contributed by atoms with Crippen LogP contribution in [0.5, 0.6) is 0 Å². The number of carbonyl (C=O) groups excluding carboxylic acids is 2. The van der Waals surface area contributed by atoms with Crippen LogP contribution in [0.4, 0.5) is 5.82 Å². The van der Waals surface area contributed by atoms with E-state index in [1.165, 1.54) is 6.20 Å². The van der Waals surface area contributed by atoms with Gasteiger partial charge in [0.15, 0.2) is 5.82 Å². The van der Waals surface area contributed by atoms with Crippen molar-refractivity contribution in [3.8, 4) is 0 Å². The molecule has 1 N–H and O–H groups in total. The molecule has 0 saturated carbocycles. The number of esters is 1. The van der Waals surface area contributed by atoms with Crippen molar-refractivity contribution >= 4 is 41.1 Å². The molecule has 7 nitrogen and oxygen atoms in total. The summed E-state index contributed by atoms with van der Waals surface area (Å²) in [6.45, 7) is 1.84. The van der Waals surface area contributed by atoms with Gasteiger partial charge in [0.1, 0.15) is 17.5 Å². The largest absolute Gasteiger partial charge is 0.460 e. The van der Waals surface area contributed by atoms with Gasteiger partial charge >= 0.3 is 5.97 Å². The molecular formula is C14H14ClN3O4S. The predicted octanol–water partition coefficient (Wildman–Crippen LogP) is 2.45. The highest BCUT2D eigenvalue weighted by Gasteiger charge is 2.09. The summed E-state index contributed by atoms with van der Waals surface area (Å²) in [6.07, 6.45) is 1.54. The predicted molar refractivity (Wildman–Crippen MR) is 86.2 cm³/mol. The molecule has 2 aromatic heterocycles. The number of hydrogen-bond donors (Lipinski definition) is 1. The summed E-state index contributed by atoms with van der Waals surface area (Å²) >= 11 is 6.81. The molecule has 2 aromatic rings. The highest BCUT2D eigenvalue weighted by molar-refractivity contribution is 8.00. The number of halogens is 1. The number of aryl methyl sites for hydroxylation is 1. The molecule has 1 amide bonds. The van der Waals surface area contributed by atoms with E-state index in [0.29, 0.717) is 16.7 Å². The van der Waals surface area contributed by atoms with Crippen molar-refractivity contribution < 1.29 is 18.8 Å². The molecule has 2 heterocycles. The monoisotopic (exact) mass is 355 g/mol. The van der Waals surface area contributed by atoms with E-state index in [9.17, 15) is 9.59 Å². The Hall–Kier alpha value is -2.06. The number of nitrogens with one attached hydrogen (secondary N) is 1. The molecule has 0 aliphatic rings. The van der Waals surface area contributed by atoms with Crippen molar-refractivity contribution in [3.05, 3.63) is 40.9 Å². The number of thioether (sulfide) groups is 1. The third kappa shape index (κ3) is 6.29. The molecule has 0 bridgehead atoms. The average Bonchev–Trinajstić information content (AvgIpc) is 2.91. The Morgan fingerprint density at radius 3 is 2.87 bits per heavy atom. The number of amides is 1. The summed E-state index contributed by atoms with van der Waals surface area (Å²) in [5.74, 6) is 0.475. The van der Waals surface area contributed by atoms with E-state index in [-0.39, 0.29) is 24.0 Å². The molecule has 0 atom stereocenters. The van der Waals surface area contributed by atoms with Crippen molar-refractivity contribution in [2.45, 2.75) is 13.5 Å². The molecule has 23 heavy (non-hydrogen) atoms. The lowest BCUT2D eigenvalue weighted by molar-refractivity contribution is -0.141. The van der Waals surface area contributed by atoms with Gasteiger partial charge in [0.05, 0.1) is 11.5 Å². The first-order valence-electron chi connectivity index (χ1n) is 6.60. The zero-order chi connectivity index (χ0) is 16.7. The third-order valence-electron chi connectivity index (χ3n) is 2.54. The third-order valence-corrected chi connectivity index (χ3v) is 3.67. The quantitative estimate of drug-likeness (QED) is 0.602. The Labute approximate surface area is 141 Å². The van der Waals surface area contributed by atoms with Crippen molar-refractivity contribution in [2.24, 2.45) is 0 Å². The number of pyridine rings is 1. The number of hydrogen-bond acceptors (Lipinski definition) is 7. The van der Waals surface area contributed by atoms with E-state index in [1.54, 1.807) is 25.1 Å². The van der Waals surface area contributed by atoms with Gasteiger partial charge in [0, 0.05) is 17.8 Å². The lowest BCUT2D eigenvalue weighted by Gasteiger charge is -2.05. The molecule has 0 aliphatic heterocycles. The Balaban J connectivity index is 1.62. The lowest BCUT2D eigenvalue weighted by atomic mass is 10.3. The van der Waals surface area contributed by atoms with Gasteiger partial charge < -0.3 is 14.6 Å². The second-order valence-electron chi connectivity index (χ2n) is 4.51. The van der Waals surface area contributed by atoms with Gasteiger partial charge in [0.2, 0.25) is 5.91 Å². The van der Waals surface area contributed by atoms with Crippen LogP contribution in [0.15, 0.2) is 28.9 Å². The SMILES string of the molecule is Cc1cc(NC(=O)CSCC(=O)OCc2ccc(Cl)nc2)no1. The zero-order valence-corrected chi connectivity index (χ0v) is 13.8. The molecule has 0 aliphatic carbocycles. The van der Waals surface area contributed by atoms with E-state index in [2.05, 4.69) is 15.5 Å². The smallest absolute Gasteiger partial charge is 0.316 e. The summed E-state index contributed by atoms with van der Waals surface area (Å²) in [7, 11) is 0. The molecule has 0 saturated heterocycles. The first-order chi connectivity index (χ1) is 11.0. The number of ether oxygens (including phenoxy) is 1. The second-order valence-corrected chi connectivity index (χ2v) is 5.89. The minimum absolute atomic E-state index is 0.0757.